The van der Waals surface area contributed by atoms with E-state index in [9.17, 15) is 9.59 Å². The van der Waals surface area contributed by atoms with E-state index >= 15 is 0 Å². The van der Waals surface area contributed by atoms with Crippen molar-refractivity contribution in [2.75, 3.05) is 13.2 Å². The Morgan fingerprint density at radius 2 is 2.04 bits per heavy atom. The van der Waals surface area contributed by atoms with Gasteiger partial charge in [0.05, 0.1) is 5.54 Å². The van der Waals surface area contributed by atoms with Crippen molar-refractivity contribution in [1.29, 1.82) is 0 Å². The predicted molar refractivity (Wildman–Crippen MR) is 108 cm³/mol. The Labute approximate surface area is 167 Å². The molecule has 152 valence electrons. The number of hydrogen-bond donors (Lipinski definition) is 1. The smallest absolute Gasteiger partial charge is 0.407 e. The van der Waals surface area contributed by atoms with Crippen LogP contribution in [0.5, 0.6) is 0 Å². The highest BCUT2D eigenvalue weighted by Crippen LogP contribution is 2.43. The lowest BCUT2D eigenvalue weighted by molar-refractivity contribution is -0.144. The molecule has 2 saturated heterocycles. The highest BCUT2D eigenvalue weighted by atomic mass is 16.6. The van der Waals surface area contributed by atoms with Gasteiger partial charge in [0.1, 0.15) is 6.61 Å². The average Bonchev–Trinajstić information content (AvgIpc) is 3.01. The Morgan fingerprint density at radius 1 is 1.29 bits per heavy atom. The molecular formula is C23H32N2O3. The van der Waals surface area contributed by atoms with Crippen LogP contribution >= 0.6 is 0 Å². The summed E-state index contributed by atoms with van der Waals surface area (Å²) < 4.78 is 5.03. The van der Waals surface area contributed by atoms with E-state index in [1.807, 2.05) is 0 Å². The molecule has 5 nitrogen and oxygen atoms in total. The number of benzene rings is 1. The summed E-state index contributed by atoms with van der Waals surface area (Å²) in [7, 11) is 0. The summed E-state index contributed by atoms with van der Waals surface area (Å²) in [6.45, 7) is 10.1. The normalized spacial score (nSPS) is 32.6. The minimum absolute atomic E-state index is 0.0187. The number of nitrogens with one attached hydrogen (secondary N) is 1. The summed E-state index contributed by atoms with van der Waals surface area (Å²) in [6.07, 6.45) is 3.09. The molecule has 2 aliphatic heterocycles. The molecule has 1 N–H and O–H groups in total. The second-order valence-corrected chi connectivity index (χ2v) is 10.1. The zero-order valence-electron chi connectivity index (χ0n) is 17.5. The van der Waals surface area contributed by atoms with Gasteiger partial charge in [-0.2, -0.15) is 0 Å². The number of rotatable bonds is 2. The fourth-order valence-electron chi connectivity index (χ4n) is 5.07. The van der Waals surface area contributed by atoms with E-state index in [2.05, 4.69) is 62.2 Å². The number of hydrogen-bond acceptors (Lipinski definition) is 3. The van der Waals surface area contributed by atoms with E-state index in [4.69, 9.17) is 4.74 Å². The van der Waals surface area contributed by atoms with Crippen molar-refractivity contribution in [2.45, 2.75) is 76.3 Å². The molecule has 2 amide bonds. The van der Waals surface area contributed by atoms with E-state index in [0.29, 0.717) is 25.4 Å². The average molecular weight is 385 g/mol. The largest absolute Gasteiger partial charge is 0.447 e. The number of amides is 2. The molecule has 0 radical (unpaired) electrons. The summed E-state index contributed by atoms with van der Waals surface area (Å²) in [5.41, 5.74) is 2.64. The SMILES string of the molecule is CC1CC(c2cccc(C(C)(C)C)c2)CCN1C(=O)C1CC2(COC(=O)N2)C1. The van der Waals surface area contributed by atoms with E-state index in [0.717, 1.165) is 19.4 Å². The number of piperidine rings is 1. The third-order valence-corrected chi connectivity index (χ3v) is 6.85. The minimum Gasteiger partial charge on any atom is -0.447 e. The molecule has 0 bridgehead atoms. The summed E-state index contributed by atoms with van der Waals surface area (Å²) >= 11 is 0. The number of alkyl carbamates (subject to hydrolysis) is 1. The first-order chi connectivity index (χ1) is 13.2. The molecule has 0 aromatic heterocycles. The van der Waals surface area contributed by atoms with E-state index in [-0.39, 0.29) is 34.9 Å². The quantitative estimate of drug-likeness (QED) is 0.839. The third kappa shape index (κ3) is 3.51. The van der Waals surface area contributed by atoms with Gasteiger partial charge in [-0.15, -0.1) is 0 Å². The second kappa shape index (κ2) is 6.78. The van der Waals surface area contributed by atoms with E-state index in [1.54, 1.807) is 0 Å². The van der Waals surface area contributed by atoms with Gasteiger partial charge in [-0.1, -0.05) is 45.0 Å². The van der Waals surface area contributed by atoms with Gasteiger partial charge in [-0.05, 0) is 55.1 Å². The topological polar surface area (TPSA) is 58.6 Å². The van der Waals surface area contributed by atoms with Crippen molar-refractivity contribution >= 4 is 12.0 Å². The zero-order valence-corrected chi connectivity index (χ0v) is 17.5. The minimum atomic E-state index is -0.349. The molecule has 3 fully saturated rings. The number of likely N-dealkylation sites (tertiary alicyclic amines) is 1. The van der Waals surface area contributed by atoms with Gasteiger partial charge in [0.15, 0.2) is 0 Å². The van der Waals surface area contributed by atoms with Crippen LogP contribution in [0.2, 0.25) is 0 Å². The van der Waals surface area contributed by atoms with Gasteiger partial charge in [0.25, 0.3) is 0 Å². The van der Waals surface area contributed by atoms with Crippen LogP contribution in [-0.2, 0) is 14.9 Å². The lowest BCUT2D eigenvalue weighted by Crippen LogP contribution is -2.59. The number of nitrogens with zero attached hydrogens (tertiary/aromatic N) is 1. The summed E-state index contributed by atoms with van der Waals surface area (Å²) in [5, 5.41) is 2.88. The van der Waals surface area contributed by atoms with Crippen LogP contribution in [0.15, 0.2) is 24.3 Å². The van der Waals surface area contributed by atoms with Crippen molar-refractivity contribution < 1.29 is 14.3 Å². The number of ether oxygens (including phenoxy) is 1. The first-order valence-corrected chi connectivity index (χ1v) is 10.5. The predicted octanol–water partition coefficient (Wildman–Crippen LogP) is 3.97. The lowest BCUT2D eigenvalue weighted by Gasteiger charge is -2.46. The fourth-order valence-corrected chi connectivity index (χ4v) is 5.07. The third-order valence-electron chi connectivity index (χ3n) is 6.85. The molecule has 5 heteroatoms. The van der Waals surface area contributed by atoms with E-state index < -0.39 is 0 Å². The van der Waals surface area contributed by atoms with Crippen molar-refractivity contribution in [1.82, 2.24) is 10.2 Å². The maximum absolute atomic E-state index is 13.0. The monoisotopic (exact) mass is 384 g/mol. The van der Waals surface area contributed by atoms with E-state index in [1.165, 1.54) is 11.1 Å². The molecule has 2 atom stereocenters. The molecule has 28 heavy (non-hydrogen) atoms. The molecule has 1 saturated carbocycles. The van der Waals surface area contributed by atoms with Gasteiger partial charge in [-0.25, -0.2) is 4.79 Å². The van der Waals surface area contributed by atoms with Crippen LogP contribution in [-0.4, -0.2) is 41.6 Å². The summed E-state index contributed by atoms with van der Waals surface area (Å²) in [4.78, 5) is 26.4. The van der Waals surface area contributed by atoms with Crippen molar-refractivity contribution in [3.05, 3.63) is 35.4 Å². The molecular weight excluding hydrogens is 352 g/mol. The Balaban J connectivity index is 1.37. The molecule has 3 aliphatic rings. The molecule has 2 unspecified atom stereocenters. The second-order valence-electron chi connectivity index (χ2n) is 10.1. The maximum atomic E-state index is 13.0. The lowest BCUT2D eigenvalue weighted by atomic mass is 9.68. The standard InChI is InChI=1S/C23H32N2O3/c1-15-10-17(16-6-5-7-19(11-16)22(2,3)4)8-9-25(15)20(26)18-12-23(13-18)14-28-21(27)24-23/h5-7,11,15,17-18H,8-10,12-14H2,1-4H3,(H,24,27). The van der Waals surface area contributed by atoms with Crippen molar-refractivity contribution in [3.8, 4) is 0 Å². The van der Waals surface area contributed by atoms with Crippen LogP contribution in [0.4, 0.5) is 4.79 Å². The summed E-state index contributed by atoms with van der Waals surface area (Å²) in [6, 6.07) is 9.22. The van der Waals surface area contributed by atoms with Crippen LogP contribution in [0.1, 0.15) is 70.4 Å². The fraction of sp³-hybridized carbons (Fsp3) is 0.652. The highest BCUT2D eigenvalue weighted by Gasteiger charge is 2.53. The van der Waals surface area contributed by atoms with Gasteiger partial charge in [-0.3, -0.25) is 4.79 Å². The van der Waals surface area contributed by atoms with Gasteiger partial charge >= 0.3 is 6.09 Å². The van der Waals surface area contributed by atoms with Crippen LogP contribution < -0.4 is 5.32 Å². The number of cyclic esters (lactones) is 1. The Kier molecular flexibility index (Phi) is 4.67. The van der Waals surface area contributed by atoms with Gasteiger partial charge < -0.3 is 15.0 Å². The van der Waals surface area contributed by atoms with Crippen LogP contribution in [0, 0.1) is 5.92 Å². The molecule has 1 aromatic rings. The first-order valence-electron chi connectivity index (χ1n) is 10.5. The number of carbonyl (C=O) groups is 2. The Hall–Kier alpha value is -2.04. The maximum Gasteiger partial charge on any atom is 0.407 e. The molecule has 2 heterocycles. The van der Waals surface area contributed by atoms with Gasteiger partial charge in [0.2, 0.25) is 5.91 Å². The summed E-state index contributed by atoms with van der Waals surface area (Å²) in [5.74, 6) is 0.781. The molecule has 1 aliphatic carbocycles. The first kappa shape index (κ1) is 19.3. The highest BCUT2D eigenvalue weighted by molar-refractivity contribution is 5.82. The number of carbonyl (C=O) groups excluding carboxylic acids is 2. The van der Waals surface area contributed by atoms with Crippen molar-refractivity contribution in [3.63, 3.8) is 0 Å². The molecule has 1 spiro atoms. The van der Waals surface area contributed by atoms with Crippen LogP contribution in [0.25, 0.3) is 0 Å². The molecule has 4 rings (SSSR count). The molecule has 1 aromatic carbocycles. The van der Waals surface area contributed by atoms with Gasteiger partial charge in [0, 0.05) is 18.5 Å². The Morgan fingerprint density at radius 3 is 2.64 bits per heavy atom. The Bertz CT molecular complexity index is 776. The van der Waals surface area contributed by atoms with Crippen molar-refractivity contribution in [2.24, 2.45) is 5.92 Å². The van der Waals surface area contributed by atoms with Crippen LogP contribution in [0.3, 0.4) is 0 Å². The zero-order chi connectivity index (χ0) is 20.1.